The second kappa shape index (κ2) is 8.41. The number of esters is 1. The Hall–Kier alpha value is -1.87. The van der Waals surface area contributed by atoms with Gasteiger partial charge in [-0.05, 0) is 42.9 Å². The molecule has 1 aromatic heterocycles. The first kappa shape index (κ1) is 24.3. The molecule has 33 heavy (non-hydrogen) atoms. The Kier molecular flexibility index (Phi) is 6.18. The second-order valence-electron chi connectivity index (χ2n) is 10.9. The highest BCUT2D eigenvalue weighted by atomic mass is 32.2. The summed E-state index contributed by atoms with van der Waals surface area (Å²) in [6.07, 6.45) is 4.20. The van der Waals surface area contributed by atoms with Gasteiger partial charge in [0.2, 0.25) is 11.1 Å². The van der Waals surface area contributed by atoms with Gasteiger partial charge in [-0.1, -0.05) is 45.5 Å². The van der Waals surface area contributed by atoms with Gasteiger partial charge in [0.25, 0.3) is 0 Å². The van der Waals surface area contributed by atoms with E-state index in [0.717, 1.165) is 31.0 Å². The van der Waals surface area contributed by atoms with Crippen molar-refractivity contribution in [1.29, 1.82) is 0 Å². The first-order valence-corrected chi connectivity index (χ1v) is 12.8. The van der Waals surface area contributed by atoms with Crippen molar-refractivity contribution in [3.63, 3.8) is 0 Å². The zero-order chi connectivity index (χ0) is 24.2. The van der Waals surface area contributed by atoms with Gasteiger partial charge in [0.1, 0.15) is 11.9 Å². The maximum Gasteiger partial charge on any atom is 0.316 e. The van der Waals surface area contributed by atoms with E-state index in [1.165, 1.54) is 0 Å². The molecule has 0 radical (unpaired) electrons. The lowest BCUT2D eigenvalue weighted by Gasteiger charge is -2.61. The molecule has 0 aliphatic heterocycles. The zero-order valence-corrected chi connectivity index (χ0v) is 20.8. The van der Waals surface area contributed by atoms with Gasteiger partial charge in [0.05, 0.1) is 11.9 Å². The number of ketones is 1. The van der Waals surface area contributed by atoms with E-state index < -0.39 is 29.0 Å². The summed E-state index contributed by atoms with van der Waals surface area (Å²) in [6, 6.07) is 0. The van der Waals surface area contributed by atoms with Crippen molar-refractivity contribution in [1.82, 2.24) is 15.2 Å². The summed E-state index contributed by atoms with van der Waals surface area (Å²) in [5, 5.41) is 18.4. The fourth-order valence-electron chi connectivity index (χ4n) is 7.14. The predicted octanol–water partition coefficient (Wildman–Crippen LogP) is 3.39. The number of nitrogen functional groups attached to an aromatic ring is 1. The molecule has 182 valence electrons. The second-order valence-corrected chi connectivity index (χ2v) is 11.8. The minimum Gasteiger partial charge on any atom is -0.461 e. The lowest BCUT2D eigenvalue weighted by molar-refractivity contribution is -0.205. The van der Waals surface area contributed by atoms with Crippen LogP contribution in [0, 0.1) is 34.0 Å². The van der Waals surface area contributed by atoms with Crippen LogP contribution < -0.4 is 5.73 Å². The highest BCUT2D eigenvalue weighted by Crippen LogP contribution is 2.68. The molecule has 1 heterocycles. The average Bonchev–Trinajstić information content (AvgIpc) is 3.36. The van der Waals surface area contributed by atoms with Crippen LogP contribution >= 0.6 is 11.8 Å². The summed E-state index contributed by atoms with van der Waals surface area (Å²) in [5.74, 6) is 0.00191. The van der Waals surface area contributed by atoms with Gasteiger partial charge in [-0.15, -0.1) is 11.7 Å². The fourth-order valence-corrected chi connectivity index (χ4v) is 7.73. The lowest BCUT2D eigenvalue weighted by atomic mass is 9.44. The van der Waals surface area contributed by atoms with Crippen LogP contribution in [-0.4, -0.2) is 50.0 Å². The topological polar surface area (TPSA) is 131 Å². The molecule has 0 aromatic carbocycles. The van der Waals surface area contributed by atoms with Gasteiger partial charge in [-0.3, -0.25) is 9.59 Å². The average molecular weight is 477 g/mol. The molecular formula is C24H36N4O4S. The Morgan fingerprint density at radius 2 is 2.12 bits per heavy atom. The number of aliphatic hydroxyl groups excluding tert-OH is 1. The number of aliphatic hydroxyl groups is 1. The van der Waals surface area contributed by atoms with E-state index in [0.29, 0.717) is 18.0 Å². The van der Waals surface area contributed by atoms with Crippen LogP contribution in [0.5, 0.6) is 0 Å². The standard InChI is InChI=1S/C24H36N4O4S/c1-6-22(4)11-16(32-17(30)12-33-21-26-20(25)27-28-21)23(5)13(2)7-9-24(14(3)19(22)31)10-8-15(29)18(23)24/h6,13-14,16,18-19,31H,1,7-12H2,2-5H3,(H3,25,26,27,28)/t13-,14+,16-,18+,19+,22-,23+,24+/m1/s1. The molecule has 4 N–H and O–H groups in total. The monoisotopic (exact) mass is 476 g/mol. The maximum absolute atomic E-state index is 13.4. The number of hydrogen-bond acceptors (Lipinski definition) is 8. The molecule has 8 nitrogen and oxygen atoms in total. The van der Waals surface area contributed by atoms with Gasteiger partial charge in [0, 0.05) is 23.2 Å². The number of carbonyl (C=O) groups excluding carboxylic acids is 2. The van der Waals surface area contributed by atoms with Crippen molar-refractivity contribution < 1.29 is 19.4 Å². The molecule has 0 amide bonds. The molecular weight excluding hydrogens is 440 g/mol. The minimum absolute atomic E-state index is 0.0335. The normalized spacial score (nSPS) is 42.8. The number of carbonyl (C=O) groups is 2. The van der Waals surface area contributed by atoms with Crippen LogP contribution in [-0.2, 0) is 14.3 Å². The first-order valence-electron chi connectivity index (χ1n) is 11.8. The number of thioether (sulfide) groups is 1. The Labute approximate surface area is 199 Å². The Morgan fingerprint density at radius 3 is 2.76 bits per heavy atom. The van der Waals surface area contributed by atoms with Gasteiger partial charge in [0.15, 0.2) is 0 Å². The van der Waals surface area contributed by atoms with Crippen LogP contribution in [0.2, 0.25) is 0 Å². The third-order valence-electron chi connectivity index (χ3n) is 9.38. The molecule has 3 fully saturated rings. The number of H-pyrrole nitrogens is 1. The number of aromatic nitrogens is 3. The molecule has 1 aromatic rings. The van der Waals surface area contributed by atoms with E-state index in [-0.39, 0.29) is 40.7 Å². The summed E-state index contributed by atoms with van der Waals surface area (Å²) in [6.45, 7) is 12.4. The number of nitrogens with zero attached hydrogens (tertiary/aromatic N) is 2. The maximum atomic E-state index is 13.4. The highest BCUT2D eigenvalue weighted by Gasteiger charge is 2.68. The summed E-state index contributed by atoms with van der Waals surface area (Å²) < 4.78 is 6.18. The number of anilines is 1. The number of Topliss-reactive ketones (excluding diaryl/α,β-unsaturated/α-hetero) is 1. The van der Waals surface area contributed by atoms with Gasteiger partial charge in [-0.25, -0.2) is 5.10 Å². The first-order chi connectivity index (χ1) is 15.5. The molecule has 0 saturated heterocycles. The van der Waals surface area contributed by atoms with E-state index in [9.17, 15) is 14.7 Å². The SMILES string of the molecule is C=C[C@]1(C)C[C@@H](OC(=O)CSc2n[nH]c(N)n2)[C@]2(C)[C@H](C)CC[C@]3(CCC(=O)[C@H]32)[C@@H](C)[C@@H]1O. The molecule has 2 bridgehead atoms. The predicted molar refractivity (Wildman–Crippen MR) is 126 cm³/mol. The van der Waals surface area contributed by atoms with Crippen molar-refractivity contribution >= 4 is 29.5 Å². The quantitative estimate of drug-likeness (QED) is 0.335. The van der Waals surface area contributed by atoms with Crippen molar-refractivity contribution in [3.05, 3.63) is 12.7 Å². The van der Waals surface area contributed by atoms with E-state index >= 15 is 0 Å². The van der Waals surface area contributed by atoms with E-state index in [2.05, 4.69) is 42.5 Å². The van der Waals surface area contributed by atoms with Crippen LogP contribution in [0.3, 0.4) is 0 Å². The minimum atomic E-state index is -0.673. The lowest BCUT2D eigenvalue weighted by Crippen LogP contribution is -2.63. The van der Waals surface area contributed by atoms with Gasteiger partial charge in [-0.2, -0.15) is 4.98 Å². The van der Waals surface area contributed by atoms with Gasteiger partial charge >= 0.3 is 5.97 Å². The zero-order valence-electron chi connectivity index (χ0n) is 20.0. The van der Waals surface area contributed by atoms with Crippen molar-refractivity contribution in [2.75, 3.05) is 11.5 Å². The highest BCUT2D eigenvalue weighted by molar-refractivity contribution is 7.99. The smallest absolute Gasteiger partial charge is 0.316 e. The van der Waals surface area contributed by atoms with Crippen LogP contribution in [0.4, 0.5) is 5.95 Å². The van der Waals surface area contributed by atoms with Crippen molar-refractivity contribution in [2.24, 2.45) is 34.0 Å². The molecule has 9 heteroatoms. The number of hydrogen-bond donors (Lipinski definition) is 3. The van der Waals surface area contributed by atoms with E-state index in [1.807, 2.05) is 6.92 Å². The molecule has 0 spiro atoms. The molecule has 3 aliphatic carbocycles. The molecule has 3 saturated carbocycles. The van der Waals surface area contributed by atoms with Crippen molar-refractivity contribution in [2.45, 2.75) is 77.2 Å². The fraction of sp³-hybridized carbons (Fsp3) is 0.750. The van der Waals surface area contributed by atoms with Crippen LogP contribution in [0.15, 0.2) is 17.8 Å². The number of ether oxygens (including phenoxy) is 1. The number of aromatic amines is 1. The third-order valence-corrected chi connectivity index (χ3v) is 10.2. The molecule has 8 atom stereocenters. The van der Waals surface area contributed by atoms with Gasteiger partial charge < -0.3 is 15.6 Å². The molecule has 3 aliphatic rings. The summed E-state index contributed by atoms with van der Waals surface area (Å²) in [4.78, 5) is 30.4. The summed E-state index contributed by atoms with van der Waals surface area (Å²) in [7, 11) is 0. The summed E-state index contributed by atoms with van der Waals surface area (Å²) in [5.41, 5.74) is 4.13. The van der Waals surface area contributed by atoms with Crippen LogP contribution in [0.1, 0.15) is 59.8 Å². The van der Waals surface area contributed by atoms with E-state index in [4.69, 9.17) is 10.5 Å². The summed E-state index contributed by atoms with van der Waals surface area (Å²) >= 11 is 1.15. The van der Waals surface area contributed by atoms with E-state index in [1.54, 1.807) is 6.08 Å². The van der Waals surface area contributed by atoms with Crippen molar-refractivity contribution in [3.8, 4) is 0 Å². The largest absolute Gasteiger partial charge is 0.461 e. The number of nitrogens with one attached hydrogen (secondary N) is 1. The molecule has 0 unspecified atom stereocenters. The molecule has 4 rings (SSSR count). The number of nitrogens with two attached hydrogens (primary N) is 1. The van der Waals surface area contributed by atoms with Crippen LogP contribution in [0.25, 0.3) is 0 Å². The Bertz CT molecular complexity index is 953. The number of rotatable bonds is 5. The Balaban J connectivity index is 1.70. The third kappa shape index (κ3) is 3.71. The Morgan fingerprint density at radius 1 is 1.39 bits per heavy atom.